The molecule has 0 amide bonds. The largest absolute Gasteiger partial charge is 0.494 e. The van der Waals surface area contributed by atoms with E-state index in [1.54, 1.807) is 0 Å². The van der Waals surface area contributed by atoms with Crippen molar-refractivity contribution in [2.45, 2.75) is 0 Å². The summed E-state index contributed by atoms with van der Waals surface area (Å²) in [5.74, 6) is -4.43. The standard InChI is InChI=1S/C14H9F3O2/c1-19-11-7-3-5-9(13(11)17)14(18)8-4-2-6-10(15)12(8)16/h2-7H,1H3. The molecule has 0 radical (unpaired) electrons. The summed E-state index contributed by atoms with van der Waals surface area (Å²) in [5, 5.41) is 0. The molecule has 0 N–H and O–H groups in total. The van der Waals surface area contributed by atoms with Crippen LogP contribution in [-0.2, 0) is 0 Å². The molecule has 0 bridgehead atoms. The molecule has 0 aliphatic heterocycles. The number of ether oxygens (including phenoxy) is 1. The molecule has 19 heavy (non-hydrogen) atoms. The van der Waals surface area contributed by atoms with E-state index in [-0.39, 0.29) is 11.3 Å². The molecule has 0 atom stereocenters. The van der Waals surface area contributed by atoms with Gasteiger partial charge in [0.1, 0.15) is 0 Å². The first-order chi connectivity index (χ1) is 9.06. The molecule has 0 spiro atoms. The van der Waals surface area contributed by atoms with Gasteiger partial charge in [-0.2, -0.15) is 0 Å². The first-order valence-corrected chi connectivity index (χ1v) is 5.37. The van der Waals surface area contributed by atoms with Crippen molar-refractivity contribution < 1.29 is 22.7 Å². The lowest BCUT2D eigenvalue weighted by molar-refractivity contribution is 0.102. The summed E-state index contributed by atoms with van der Waals surface area (Å²) in [6, 6.07) is 7.07. The van der Waals surface area contributed by atoms with Crippen LogP contribution in [0.4, 0.5) is 13.2 Å². The molecular formula is C14H9F3O2. The first-order valence-electron chi connectivity index (χ1n) is 5.37. The summed E-state index contributed by atoms with van der Waals surface area (Å²) in [6.07, 6.45) is 0. The number of methoxy groups -OCH3 is 1. The lowest BCUT2D eigenvalue weighted by Crippen LogP contribution is -2.08. The van der Waals surface area contributed by atoms with Crippen LogP contribution < -0.4 is 4.74 Å². The number of ketones is 1. The third-order valence-corrected chi connectivity index (χ3v) is 2.62. The van der Waals surface area contributed by atoms with Gasteiger partial charge in [-0.15, -0.1) is 0 Å². The van der Waals surface area contributed by atoms with Gasteiger partial charge < -0.3 is 4.74 Å². The number of hydrogen-bond acceptors (Lipinski definition) is 2. The van der Waals surface area contributed by atoms with E-state index in [0.29, 0.717) is 0 Å². The van der Waals surface area contributed by atoms with Crippen LogP contribution >= 0.6 is 0 Å². The number of benzene rings is 2. The van der Waals surface area contributed by atoms with Crippen molar-refractivity contribution in [3.05, 3.63) is 65.0 Å². The zero-order valence-electron chi connectivity index (χ0n) is 9.91. The maximum atomic E-state index is 13.9. The summed E-state index contributed by atoms with van der Waals surface area (Å²) in [4.78, 5) is 12.0. The molecule has 2 aromatic rings. The van der Waals surface area contributed by atoms with Gasteiger partial charge in [-0.1, -0.05) is 12.1 Å². The van der Waals surface area contributed by atoms with Gasteiger partial charge in [-0.3, -0.25) is 4.79 Å². The lowest BCUT2D eigenvalue weighted by Gasteiger charge is -2.07. The Hall–Kier alpha value is -2.30. The van der Waals surface area contributed by atoms with Gasteiger partial charge in [0.05, 0.1) is 18.2 Å². The highest BCUT2D eigenvalue weighted by Gasteiger charge is 2.21. The minimum Gasteiger partial charge on any atom is -0.494 e. The molecule has 0 unspecified atom stereocenters. The highest BCUT2D eigenvalue weighted by Crippen LogP contribution is 2.23. The Bertz CT molecular complexity index is 639. The third-order valence-electron chi connectivity index (χ3n) is 2.62. The highest BCUT2D eigenvalue weighted by molar-refractivity contribution is 6.09. The molecule has 2 nitrogen and oxygen atoms in total. The predicted molar refractivity (Wildman–Crippen MR) is 62.7 cm³/mol. The second-order valence-corrected chi connectivity index (χ2v) is 3.75. The predicted octanol–water partition coefficient (Wildman–Crippen LogP) is 3.34. The van der Waals surface area contributed by atoms with Crippen LogP contribution in [0.2, 0.25) is 0 Å². The first kappa shape index (κ1) is 13.1. The average molecular weight is 266 g/mol. The number of carbonyl (C=O) groups excluding carboxylic acids is 1. The van der Waals surface area contributed by atoms with E-state index in [4.69, 9.17) is 4.74 Å². The van der Waals surface area contributed by atoms with Crippen LogP contribution in [0.3, 0.4) is 0 Å². The van der Waals surface area contributed by atoms with Crippen molar-refractivity contribution in [2.24, 2.45) is 0 Å². The van der Waals surface area contributed by atoms with E-state index in [1.165, 1.54) is 31.4 Å². The lowest BCUT2D eigenvalue weighted by atomic mass is 10.0. The van der Waals surface area contributed by atoms with Crippen molar-refractivity contribution >= 4 is 5.78 Å². The average Bonchev–Trinajstić information content (AvgIpc) is 2.41. The Balaban J connectivity index is 2.54. The minimum absolute atomic E-state index is 0.136. The van der Waals surface area contributed by atoms with Gasteiger partial charge in [0, 0.05) is 0 Å². The van der Waals surface area contributed by atoms with Crippen molar-refractivity contribution in [2.75, 3.05) is 7.11 Å². The fourth-order valence-corrected chi connectivity index (χ4v) is 1.67. The van der Waals surface area contributed by atoms with E-state index in [1.807, 2.05) is 0 Å². The SMILES string of the molecule is COc1cccc(C(=O)c2cccc(F)c2F)c1F. The van der Waals surface area contributed by atoms with Crippen molar-refractivity contribution in [3.8, 4) is 5.75 Å². The molecule has 0 saturated heterocycles. The molecule has 2 rings (SSSR count). The summed E-state index contributed by atoms with van der Waals surface area (Å²) in [5.41, 5.74) is -0.893. The Kier molecular flexibility index (Phi) is 3.55. The van der Waals surface area contributed by atoms with E-state index in [0.717, 1.165) is 12.1 Å². The van der Waals surface area contributed by atoms with Crippen molar-refractivity contribution in [1.82, 2.24) is 0 Å². The van der Waals surface area contributed by atoms with Crippen molar-refractivity contribution in [3.63, 3.8) is 0 Å². The van der Waals surface area contributed by atoms with E-state index in [9.17, 15) is 18.0 Å². The smallest absolute Gasteiger partial charge is 0.199 e. The van der Waals surface area contributed by atoms with Crippen LogP contribution in [0.25, 0.3) is 0 Å². The highest BCUT2D eigenvalue weighted by atomic mass is 19.2. The zero-order valence-corrected chi connectivity index (χ0v) is 9.91. The zero-order chi connectivity index (χ0) is 14.0. The van der Waals surface area contributed by atoms with Gasteiger partial charge in [0.25, 0.3) is 0 Å². The van der Waals surface area contributed by atoms with Crippen LogP contribution in [0.1, 0.15) is 15.9 Å². The fourth-order valence-electron chi connectivity index (χ4n) is 1.67. The molecule has 0 aliphatic carbocycles. The molecule has 0 saturated carbocycles. The summed E-state index contributed by atoms with van der Waals surface area (Å²) < 4.78 is 45.2. The van der Waals surface area contributed by atoms with Crippen LogP contribution in [0, 0.1) is 17.5 Å². The van der Waals surface area contributed by atoms with E-state index < -0.39 is 28.8 Å². The molecule has 0 heterocycles. The van der Waals surface area contributed by atoms with Gasteiger partial charge >= 0.3 is 0 Å². The second kappa shape index (κ2) is 5.14. The Labute approximate surface area is 107 Å². The Morgan fingerprint density at radius 1 is 0.947 bits per heavy atom. The van der Waals surface area contributed by atoms with E-state index in [2.05, 4.69) is 0 Å². The molecule has 98 valence electrons. The minimum atomic E-state index is -1.30. The second-order valence-electron chi connectivity index (χ2n) is 3.75. The van der Waals surface area contributed by atoms with Crippen LogP contribution in [-0.4, -0.2) is 12.9 Å². The molecule has 0 fully saturated rings. The molecule has 5 heteroatoms. The summed E-state index contributed by atoms with van der Waals surface area (Å²) in [6.45, 7) is 0. The third kappa shape index (κ3) is 2.31. The number of halogens is 3. The van der Waals surface area contributed by atoms with Crippen LogP contribution in [0.15, 0.2) is 36.4 Å². The molecule has 2 aromatic carbocycles. The van der Waals surface area contributed by atoms with Gasteiger partial charge in [0.2, 0.25) is 0 Å². The maximum Gasteiger partial charge on any atom is 0.199 e. The number of hydrogen-bond donors (Lipinski definition) is 0. The number of rotatable bonds is 3. The van der Waals surface area contributed by atoms with Gasteiger partial charge in [0.15, 0.2) is 29.0 Å². The summed E-state index contributed by atoms with van der Waals surface area (Å²) >= 11 is 0. The summed E-state index contributed by atoms with van der Waals surface area (Å²) in [7, 11) is 1.25. The maximum absolute atomic E-state index is 13.9. The quantitative estimate of drug-likeness (QED) is 0.796. The molecular weight excluding hydrogens is 257 g/mol. The molecule has 0 aliphatic rings. The van der Waals surface area contributed by atoms with Gasteiger partial charge in [-0.05, 0) is 24.3 Å². The Morgan fingerprint density at radius 2 is 1.53 bits per heavy atom. The monoisotopic (exact) mass is 266 g/mol. The van der Waals surface area contributed by atoms with Crippen LogP contribution in [0.5, 0.6) is 5.75 Å². The number of carbonyl (C=O) groups is 1. The normalized spacial score (nSPS) is 10.3. The Morgan fingerprint density at radius 3 is 2.16 bits per heavy atom. The fraction of sp³-hybridized carbons (Fsp3) is 0.0714. The molecule has 0 aromatic heterocycles. The topological polar surface area (TPSA) is 26.3 Å². The van der Waals surface area contributed by atoms with Gasteiger partial charge in [-0.25, -0.2) is 13.2 Å². The van der Waals surface area contributed by atoms with Crippen molar-refractivity contribution in [1.29, 1.82) is 0 Å². The van der Waals surface area contributed by atoms with E-state index >= 15 is 0 Å².